The number of halogens is 1. The molecule has 0 aliphatic carbocycles. The Hall–Kier alpha value is -3.23. The van der Waals surface area contributed by atoms with E-state index in [-0.39, 0.29) is 11.6 Å². The fourth-order valence-corrected chi connectivity index (χ4v) is 3.18. The van der Waals surface area contributed by atoms with Crippen LogP contribution in [0.1, 0.15) is 22.9 Å². The van der Waals surface area contributed by atoms with Gasteiger partial charge in [-0.1, -0.05) is 66.7 Å². The van der Waals surface area contributed by atoms with E-state index in [0.717, 1.165) is 11.1 Å². The van der Waals surface area contributed by atoms with Gasteiger partial charge in [-0.05, 0) is 51.7 Å². The number of hydrogen-bond donors (Lipinski definition) is 1. The summed E-state index contributed by atoms with van der Waals surface area (Å²) in [5.41, 5.74) is 2.64. The standard InChI is InChI=1S/C23H18BrN3O/c24-22-13-7-12-20(26-22)15-19(16-25)23(28)27-21(18-10-5-2-6-11-18)14-17-8-3-1-4-9-17/h1-13,15,21H,14H2,(H,27,28). The fourth-order valence-electron chi connectivity index (χ4n) is 2.82. The van der Waals surface area contributed by atoms with E-state index in [4.69, 9.17) is 0 Å². The minimum atomic E-state index is -0.422. The first kappa shape index (κ1) is 19.5. The van der Waals surface area contributed by atoms with Crippen molar-refractivity contribution < 1.29 is 4.79 Å². The van der Waals surface area contributed by atoms with Crippen LogP contribution in [0.4, 0.5) is 0 Å². The minimum absolute atomic E-state index is 0.0135. The van der Waals surface area contributed by atoms with Crippen LogP contribution in [0.3, 0.4) is 0 Å². The molecule has 0 saturated carbocycles. The Bertz CT molecular complexity index is 1010. The molecular weight excluding hydrogens is 414 g/mol. The van der Waals surface area contributed by atoms with E-state index in [2.05, 4.69) is 26.2 Å². The molecule has 28 heavy (non-hydrogen) atoms. The molecule has 1 unspecified atom stereocenters. The number of carbonyl (C=O) groups is 1. The average molecular weight is 432 g/mol. The van der Waals surface area contributed by atoms with Gasteiger partial charge in [0.2, 0.25) is 0 Å². The summed E-state index contributed by atoms with van der Waals surface area (Å²) in [6, 6.07) is 26.8. The zero-order chi connectivity index (χ0) is 19.8. The highest BCUT2D eigenvalue weighted by Crippen LogP contribution is 2.19. The van der Waals surface area contributed by atoms with Crippen LogP contribution in [0.5, 0.6) is 0 Å². The van der Waals surface area contributed by atoms with Crippen LogP contribution in [-0.2, 0) is 11.2 Å². The second-order valence-electron chi connectivity index (χ2n) is 6.18. The number of nitriles is 1. The number of hydrogen-bond acceptors (Lipinski definition) is 3. The molecule has 0 bridgehead atoms. The third-order valence-electron chi connectivity index (χ3n) is 4.18. The van der Waals surface area contributed by atoms with Crippen molar-refractivity contribution in [3.63, 3.8) is 0 Å². The molecular formula is C23H18BrN3O. The number of nitrogens with zero attached hydrogens (tertiary/aromatic N) is 2. The van der Waals surface area contributed by atoms with Crippen LogP contribution < -0.4 is 5.32 Å². The Morgan fingerprint density at radius 3 is 2.36 bits per heavy atom. The maximum Gasteiger partial charge on any atom is 0.262 e. The van der Waals surface area contributed by atoms with Crippen molar-refractivity contribution in [1.29, 1.82) is 5.26 Å². The molecule has 0 aliphatic rings. The summed E-state index contributed by atoms with van der Waals surface area (Å²) in [5.74, 6) is -0.422. The van der Waals surface area contributed by atoms with Gasteiger partial charge in [-0.2, -0.15) is 5.26 Å². The second kappa shape index (κ2) is 9.63. The van der Waals surface area contributed by atoms with E-state index in [1.54, 1.807) is 18.2 Å². The SMILES string of the molecule is N#CC(=Cc1cccc(Br)n1)C(=O)NC(Cc1ccccc1)c1ccccc1. The molecule has 0 aliphatic heterocycles. The van der Waals surface area contributed by atoms with E-state index in [0.29, 0.717) is 16.7 Å². The van der Waals surface area contributed by atoms with Crippen LogP contribution in [0.15, 0.2) is 89.0 Å². The molecule has 3 aromatic rings. The molecule has 0 spiro atoms. The van der Waals surface area contributed by atoms with Gasteiger partial charge in [0.1, 0.15) is 16.2 Å². The molecule has 1 atom stereocenters. The number of carbonyl (C=O) groups excluding carboxylic acids is 1. The fraction of sp³-hybridized carbons (Fsp3) is 0.0870. The minimum Gasteiger partial charge on any atom is -0.344 e. The summed E-state index contributed by atoms with van der Waals surface area (Å²) in [6.07, 6.45) is 2.12. The Kier molecular flexibility index (Phi) is 6.72. The van der Waals surface area contributed by atoms with E-state index in [9.17, 15) is 10.1 Å². The quantitative estimate of drug-likeness (QED) is 0.344. The third kappa shape index (κ3) is 5.38. The molecule has 5 heteroatoms. The van der Waals surface area contributed by atoms with Crippen molar-refractivity contribution in [3.05, 3.63) is 106 Å². The Labute approximate surface area is 172 Å². The molecule has 1 amide bonds. The Balaban J connectivity index is 1.84. The van der Waals surface area contributed by atoms with Gasteiger partial charge < -0.3 is 5.32 Å². The topological polar surface area (TPSA) is 65.8 Å². The number of nitrogens with one attached hydrogen (secondary N) is 1. The van der Waals surface area contributed by atoms with Crippen LogP contribution >= 0.6 is 15.9 Å². The number of rotatable bonds is 6. The Morgan fingerprint density at radius 2 is 1.71 bits per heavy atom. The molecule has 1 aromatic heterocycles. The van der Waals surface area contributed by atoms with Gasteiger partial charge in [-0.25, -0.2) is 4.98 Å². The summed E-state index contributed by atoms with van der Waals surface area (Å²) in [4.78, 5) is 17.1. The highest BCUT2D eigenvalue weighted by Gasteiger charge is 2.18. The van der Waals surface area contributed by atoms with Crippen molar-refractivity contribution in [2.45, 2.75) is 12.5 Å². The summed E-state index contributed by atoms with van der Waals surface area (Å²) in [7, 11) is 0. The molecule has 1 heterocycles. The molecule has 3 rings (SSSR count). The van der Waals surface area contributed by atoms with E-state index >= 15 is 0 Å². The second-order valence-corrected chi connectivity index (χ2v) is 6.99. The van der Waals surface area contributed by atoms with E-state index in [1.165, 1.54) is 6.08 Å². The van der Waals surface area contributed by atoms with E-state index in [1.807, 2.05) is 66.7 Å². The van der Waals surface area contributed by atoms with Crippen molar-refractivity contribution in [2.24, 2.45) is 0 Å². The van der Waals surface area contributed by atoms with Crippen molar-refractivity contribution >= 4 is 27.9 Å². The zero-order valence-corrected chi connectivity index (χ0v) is 16.6. The zero-order valence-electron chi connectivity index (χ0n) is 15.0. The summed E-state index contributed by atoms with van der Waals surface area (Å²) < 4.78 is 0.644. The lowest BCUT2D eigenvalue weighted by atomic mass is 9.98. The van der Waals surface area contributed by atoms with Gasteiger partial charge in [-0.15, -0.1) is 0 Å². The summed E-state index contributed by atoms with van der Waals surface area (Å²) in [6.45, 7) is 0. The van der Waals surface area contributed by atoms with Gasteiger partial charge >= 0.3 is 0 Å². The van der Waals surface area contributed by atoms with Gasteiger partial charge in [0.25, 0.3) is 5.91 Å². The maximum atomic E-state index is 12.8. The first-order valence-electron chi connectivity index (χ1n) is 8.80. The Morgan fingerprint density at radius 1 is 1.04 bits per heavy atom. The van der Waals surface area contributed by atoms with Crippen molar-refractivity contribution in [3.8, 4) is 6.07 Å². The van der Waals surface area contributed by atoms with Crippen molar-refractivity contribution in [2.75, 3.05) is 0 Å². The van der Waals surface area contributed by atoms with Crippen LogP contribution in [0.2, 0.25) is 0 Å². The number of amides is 1. The summed E-state index contributed by atoms with van der Waals surface area (Å²) in [5, 5.41) is 12.5. The number of benzene rings is 2. The first-order chi connectivity index (χ1) is 13.7. The molecule has 0 radical (unpaired) electrons. The first-order valence-corrected chi connectivity index (χ1v) is 9.59. The molecule has 138 valence electrons. The van der Waals surface area contributed by atoms with Crippen molar-refractivity contribution in [1.82, 2.24) is 10.3 Å². The van der Waals surface area contributed by atoms with Crippen LogP contribution in [0.25, 0.3) is 6.08 Å². The predicted molar refractivity (Wildman–Crippen MR) is 113 cm³/mol. The van der Waals surface area contributed by atoms with Crippen LogP contribution in [0, 0.1) is 11.3 Å². The molecule has 0 fully saturated rings. The smallest absolute Gasteiger partial charge is 0.262 e. The summed E-state index contributed by atoms with van der Waals surface area (Å²) >= 11 is 3.30. The van der Waals surface area contributed by atoms with Gasteiger partial charge in [0.05, 0.1) is 11.7 Å². The molecule has 4 nitrogen and oxygen atoms in total. The average Bonchev–Trinajstić information content (AvgIpc) is 2.73. The van der Waals surface area contributed by atoms with Gasteiger partial charge in [0, 0.05) is 0 Å². The highest BCUT2D eigenvalue weighted by molar-refractivity contribution is 9.10. The third-order valence-corrected chi connectivity index (χ3v) is 4.63. The van der Waals surface area contributed by atoms with E-state index < -0.39 is 5.91 Å². The normalized spacial score (nSPS) is 12.1. The monoisotopic (exact) mass is 431 g/mol. The number of aromatic nitrogens is 1. The maximum absolute atomic E-state index is 12.8. The molecule has 2 aromatic carbocycles. The molecule has 1 N–H and O–H groups in total. The highest BCUT2D eigenvalue weighted by atomic mass is 79.9. The lowest BCUT2D eigenvalue weighted by Gasteiger charge is -2.19. The largest absolute Gasteiger partial charge is 0.344 e. The van der Waals surface area contributed by atoms with Gasteiger partial charge in [-0.3, -0.25) is 4.79 Å². The molecule has 0 saturated heterocycles. The lowest BCUT2D eigenvalue weighted by molar-refractivity contribution is -0.117. The lowest BCUT2D eigenvalue weighted by Crippen LogP contribution is -2.30. The number of pyridine rings is 1. The van der Waals surface area contributed by atoms with Crippen LogP contribution in [-0.4, -0.2) is 10.9 Å². The van der Waals surface area contributed by atoms with Gasteiger partial charge in [0.15, 0.2) is 0 Å². The predicted octanol–water partition coefficient (Wildman–Crippen LogP) is 4.85.